The van der Waals surface area contributed by atoms with Crippen molar-refractivity contribution in [2.75, 3.05) is 20.3 Å². The predicted octanol–water partition coefficient (Wildman–Crippen LogP) is 2.08. The molecule has 1 heterocycles. The first kappa shape index (κ1) is 19.6. The normalized spacial score (nSPS) is 16.5. The van der Waals surface area contributed by atoms with E-state index in [1.165, 1.54) is 7.11 Å². The van der Waals surface area contributed by atoms with Gasteiger partial charge in [0.25, 0.3) is 0 Å². The van der Waals surface area contributed by atoms with Crippen molar-refractivity contribution in [1.29, 1.82) is 0 Å². The van der Waals surface area contributed by atoms with Gasteiger partial charge >= 0.3 is 18.0 Å². The van der Waals surface area contributed by atoms with Crippen LogP contribution >= 0.6 is 11.6 Å². The highest BCUT2D eigenvalue weighted by Gasteiger charge is 2.33. The van der Waals surface area contributed by atoms with Crippen LogP contribution in [0.15, 0.2) is 29.5 Å². The summed E-state index contributed by atoms with van der Waals surface area (Å²) in [5.41, 5.74) is 0.966. The molecule has 2 rings (SSSR count). The van der Waals surface area contributed by atoms with Gasteiger partial charge in [-0.2, -0.15) is 0 Å². The Kier molecular flexibility index (Phi) is 6.46. The van der Waals surface area contributed by atoms with Gasteiger partial charge in [0.1, 0.15) is 5.75 Å². The van der Waals surface area contributed by atoms with Crippen LogP contribution in [0.25, 0.3) is 0 Å². The quantitative estimate of drug-likeness (QED) is 0.730. The second-order valence-electron chi connectivity index (χ2n) is 5.34. The Bertz CT molecular complexity index is 762. The van der Waals surface area contributed by atoms with Crippen molar-refractivity contribution in [3.63, 3.8) is 0 Å². The number of ether oxygens (including phenoxy) is 3. The molecule has 9 heteroatoms. The van der Waals surface area contributed by atoms with Crippen molar-refractivity contribution in [2.45, 2.75) is 19.9 Å². The maximum Gasteiger partial charge on any atom is 0.344 e. The third-order valence-electron chi connectivity index (χ3n) is 3.61. The number of urea groups is 1. The maximum absolute atomic E-state index is 12.2. The van der Waals surface area contributed by atoms with E-state index in [1.54, 1.807) is 32.0 Å². The standard InChI is InChI=1S/C17H19ClN2O6/c1-4-25-13(21)8-26-12-6-5-10(18)7-11(12)15-14(16(22)24-3)9(2)19-17(23)20-15/h5-7,15H,4,8H2,1-3H3,(H2,19,20,23)/t15-/m1/s1. The molecule has 0 bridgehead atoms. The number of benzene rings is 1. The molecule has 1 aromatic carbocycles. The Hall–Kier alpha value is -2.74. The summed E-state index contributed by atoms with van der Waals surface area (Å²) in [5.74, 6) is -0.872. The minimum atomic E-state index is -0.855. The molecule has 140 valence electrons. The predicted molar refractivity (Wildman–Crippen MR) is 92.7 cm³/mol. The number of halogens is 1. The Morgan fingerprint density at radius 2 is 2.04 bits per heavy atom. The molecule has 1 aliphatic heterocycles. The number of nitrogens with one attached hydrogen (secondary N) is 2. The highest BCUT2D eigenvalue weighted by atomic mass is 35.5. The van der Waals surface area contributed by atoms with Crippen LogP contribution in [0, 0.1) is 0 Å². The summed E-state index contributed by atoms with van der Waals surface area (Å²) in [6.45, 7) is 3.18. The van der Waals surface area contributed by atoms with Gasteiger partial charge in [-0.3, -0.25) is 0 Å². The number of hydrogen-bond donors (Lipinski definition) is 2. The van der Waals surface area contributed by atoms with E-state index in [4.69, 9.17) is 25.8 Å². The Morgan fingerprint density at radius 3 is 2.69 bits per heavy atom. The summed E-state index contributed by atoms with van der Waals surface area (Å²) in [5, 5.41) is 5.54. The number of amides is 2. The lowest BCUT2D eigenvalue weighted by atomic mass is 9.95. The third-order valence-corrected chi connectivity index (χ3v) is 3.84. The summed E-state index contributed by atoms with van der Waals surface area (Å²) in [4.78, 5) is 35.7. The lowest BCUT2D eigenvalue weighted by Gasteiger charge is -2.29. The molecule has 0 fully saturated rings. The van der Waals surface area contributed by atoms with Crippen molar-refractivity contribution in [2.24, 2.45) is 0 Å². The van der Waals surface area contributed by atoms with E-state index in [1.807, 2.05) is 0 Å². The van der Waals surface area contributed by atoms with Crippen LogP contribution in [0.1, 0.15) is 25.5 Å². The van der Waals surface area contributed by atoms with E-state index in [0.29, 0.717) is 16.3 Å². The molecule has 0 spiro atoms. The molecule has 0 unspecified atom stereocenters. The molecular weight excluding hydrogens is 364 g/mol. The molecule has 0 radical (unpaired) electrons. The molecule has 0 aromatic heterocycles. The van der Waals surface area contributed by atoms with Gasteiger partial charge in [0.05, 0.1) is 25.3 Å². The molecule has 1 aliphatic rings. The number of carbonyl (C=O) groups is 3. The molecule has 0 saturated carbocycles. The monoisotopic (exact) mass is 382 g/mol. The number of rotatable bonds is 6. The Morgan fingerprint density at radius 1 is 1.31 bits per heavy atom. The van der Waals surface area contributed by atoms with E-state index < -0.39 is 24.0 Å². The summed E-state index contributed by atoms with van der Waals surface area (Å²) >= 11 is 6.07. The Labute approximate surface area is 155 Å². The van der Waals surface area contributed by atoms with E-state index in [9.17, 15) is 14.4 Å². The van der Waals surface area contributed by atoms with E-state index in [-0.39, 0.29) is 24.5 Å². The summed E-state index contributed by atoms with van der Waals surface area (Å²) in [6, 6.07) is 3.33. The van der Waals surface area contributed by atoms with Crippen molar-refractivity contribution in [3.8, 4) is 5.75 Å². The Balaban J connectivity index is 2.42. The highest BCUT2D eigenvalue weighted by molar-refractivity contribution is 6.30. The molecule has 2 N–H and O–H groups in total. The van der Waals surface area contributed by atoms with Crippen molar-refractivity contribution in [3.05, 3.63) is 40.1 Å². The fourth-order valence-corrected chi connectivity index (χ4v) is 2.70. The number of hydrogen-bond acceptors (Lipinski definition) is 6. The van der Waals surface area contributed by atoms with Crippen LogP contribution in [0.5, 0.6) is 5.75 Å². The number of methoxy groups -OCH3 is 1. The van der Waals surface area contributed by atoms with Crippen LogP contribution in [-0.4, -0.2) is 38.3 Å². The lowest BCUT2D eigenvalue weighted by Crippen LogP contribution is -2.45. The second kappa shape index (κ2) is 8.57. The maximum atomic E-state index is 12.2. The smallest absolute Gasteiger partial charge is 0.344 e. The first-order valence-electron chi connectivity index (χ1n) is 7.81. The lowest BCUT2D eigenvalue weighted by molar-refractivity contribution is -0.145. The fraction of sp³-hybridized carbons (Fsp3) is 0.353. The van der Waals surface area contributed by atoms with Crippen molar-refractivity contribution in [1.82, 2.24) is 10.6 Å². The van der Waals surface area contributed by atoms with Crippen LogP contribution < -0.4 is 15.4 Å². The third kappa shape index (κ3) is 4.45. The van der Waals surface area contributed by atoms with Gasteiger partial charge in [0, 0.05) is 16.3 Å². The van der Waals surface area contributed by atoms with Gasteiger partial charge in [0.15, 0.2) is 6.61 Å². The summed E-state index contributed by atoms with van der Waals surface area (Å²) < 4.78 is 15.2. The molecule has 1 aromatic rings. The van der Waals surface area contributed by atoms with Gasteiger partial charge in [-0.1, -0.05) is 11.6 Å². The average molecular weight is 383 g/mol. The van der Waals surface area contributed by atoms with Crippen LogP contribution in [0.3, 0.4) is 0 Å². The van der Waals surface area contributed by atoms with Gasteiger partial charge < -0.3 is 24.8 Å². The summed E-state index contributed by atoms with van der Waals surface area (Å²) in [6.07, 6.45) is 0. The van der Waals surface area contributed by atoms with E-state index in [2.05, 4.69) is 10.6 Å². The van der Waals surface area contributed by atoms with Crippen LogP contribution in [0.4, 0.5) is 4.79 Å². The van der Waals surface area contributed by atoms with Crippen molar-refractivity contribution < 1.29 is 28.6 Å². The average Bonchev–Trinajstić information content (AvgIpc) is 2.59. The first-order valence-corrected chi connectivity index (χ1v) is 8.19. The molecule has 2 amide bonds. The first-order chi connectivity index (χ1) is 12.4. The molecule has 0 aliphatic carbocycles. The highest BCUT2D eigenvalue weighted by Crippen LogP contribution is 2.35. The van der Waals surface area contributed by atoms with Gasteiger partial charge in [-0.25, -0.2) is 14.4 Å². The molecule has 0 saturated heterocycles. The largest absolute Gasteiger partial charge is 0.482 e. The fourth-order valence-electron chi connectivity index (χ4n) is 2.52. The zero-order valence-electron chi connectivity index (χ0n) is 14.6. The number of esters is 2. The van der Waals surface area contributed by atoms with E-state index >= 15 is 0 Å². The molecular formula is C17H19ClN2O6. The van der Waals surface area contributed by atoms with Crippen LogP contribution in [-0.2, 0) is 19.1 Å². The minimum absolute atomic E-state index is 0.204. The molecule has 1 atom stereocenters. The molecule has 26 heavy (non-hydrogen) atoms. The second-order valence-corrected chi connectivity index (χ2v) is 5.77. The topological polar surface area (TPSA) is 103 Å². The SMILES string of the molecule is CCOC(=O)COc1ccc(Cl)cc1[C@H]1NC(=O)NC(C)=C1C(=O)OC. The minimum Gasteiger partial charge on any atom is -0.482 e. The van der Waals surface area contributed by atoms with Gasteiger partial charge in [0.2, 0.25) is 0 Å². The molecule has 8 nitrogen and oxygen atoms in total. The van der Waals surface area contributed by atoms with Gasteiger partial charge in [-0.05, 0) is 32.0 Å². The van der Waals surface area contributed by atoms with E-state index in [0.717, 1.165) is 0 Å². The number of carbonyl (C=O) groups excluding carboxylic acids is 3. The zero-order valence-corrected chi connectivity index (χ0v) is 15.3. The van der Waals surface area contributed by atoms with Crippen molar-refractivity contribution >= 4 is 29.6 Å². The number of allylic oxidation sites excluding steroid dienone is 1. The van der Waals surface area contributed by atoms with Crippen LogP contribution in [0.2, 0.25) is 5.02 Å². The summed E-state index contributed by atoms with van der Waals surface area (Å²) in [7, 11) is 1.24. The zero-order chi connectivity index (χ0) is 19.3. The van der Waals surface area contributed by atoms with Gasteiger partial charge in [-0.15, -0.1) is 0 Å².